The number of benzene rings is 1. The fourth-order valence-corrected chi connectivity index (χ4v) is 4.70. The number of morpholine rings is 1. The molecule has 1 aromatic heterocycles. The molecule has 0 N–H and O–H groups in total. The minimum absolute atomic E-state index is 0.0247. The molecule has 3 heterocycles. The van der Waals surface area contributed by atoms with E-state index in [1.165, 1.54) is 0 Å². The molecule has 0 spiro atoms. The molecular formula is C22H27N3O4. The standard InChI is InChI=1S/C22H27N3O4/c1-15-18(16(2)29-23-15)9-10-20(26)25-12-11-22(17-7-5-4-6-8-17)19(13-25)28-14-21(27)24(22)3/h4-8,19H,9-14H2,1-3H3/t19-,22+/m1/s1. The topological polar surface area (TPSA) is 75.9 Å². The summed E-state index contributed by atoms with van der Waals surface area (Å²) in [5, 5.41) is 3.96. The Morgan fingerprint density at radius 3 is 2.72 bits per heavy atom. The van der Waals surface area contributed by atoms with Crippen LogP contribution in [0.3, 0.4) is 0 Å². The molecule has 0 aliphatic carbocycles. The first-order valence-electron chi connectivity index (χ1n) is 10.1. The molecule has 2 saturated heterocycles. The van der Waals surface area contributed by atoms with Gasteiger partial charge in [0.1, 0.15) is 18.5 Å². The third kappa shape index (κ3) is 3.33. The fraction of sp³-hybridized carbons (Fsp3) is 0.500. The van der Waals surface area contributed by atoms with Crippen molar-refractivity contribution in [1.29, 1.82) is 0 Å². The van der Waals surface area contributed by atoms with Crippen molar-refractivity contribution in [2.24, 2.45) is 0 Å². The van der Waals surface area contributed by atoms with Gasteiger partial charge in [0.15, 0.2) is 0 Å². The normalized spacial score (nSPS) is 24.5. The van der Waals surface area contributed by atoms with Crippen molar-refractivity contribution in [2.75, 3.05) is 26.7 Å². The predicted octanol–water partition coefficient (Wildman–Crippen LogP) is 2.21. The molecule has 2 atom stereocenters. The number of aromatic nitrogens is 1. The molecule has 29 heavy (non-hydrogen) atoms. The van der Waals surface area contributed by atoms with Gasteiger partial charge >= 0.3 is 0 Å². The van der Waals surface area contributed by atoms with Gasteiger partial charge in [0.2, 0.25) is 11.8 Å². The van der Waals surface area contributed by atoms with E-state index in [1.807, 2.05) is 61.0 Å². The summed E-state index contributed by atoms with van der Waals surface area (Å²) in [4.78, 5) is 29.1. The molecule has 154 valence electrons. The number of carbonyl (C=O) groups is 2. The smallest absolute Gasteiger partial charge is 0.249 e. The van der Waals surface area contributed by atoms with Crippen LogP contribution in [0.15, 0.2) is 34.9 Å². The molecule has 2 aliphatic heterocycles. The number of aryl methyl sites for hydroxylation is 2. The second kappa shape index (κ2) is 7.63. The second-order valence-corrected chi connectivity index (χ2v) is 7.94. The van der Waals surface area contributed by atoms with Crippen LogP contribution in [0, 0.1) is 13.8 Å². The third-order valence-electron chi connectivity index (χ3n) is 6.46. The van der Waals surface area contributed by atoms with Crippen LogP contribution in [-0.4, -0.2) is 59.6 Å². The van der Waals surface area contributed by atoms with Crippen LogP contribution in [0.25, 0.3) is 0 Å². The lowest BCUT2D eigenvalue weighted by Gasteiger charge is -2.54. The Kier molecular flexibility index (Phi) is 5.17. The Morgan fingerprint density at radius 1 is 1.28 bits per heavy atom. The van der Waals surface area contributed by atoms with Crippen molar-refractivity contribution in [3.63, 3.8) is 0 Å². The van der Waals surface area contributed by atoms with Gasteiger partial charge in [-0.1, -0.05) is 35.5 Å². The minimum atomic E-state index is -0.533. The highest BCUT2D eigenvalue weighted by molar-refractivity contribution is 5.80. The Labute approximate surface area is 170 Å². The summed E-state index contributed by atoms with van der Waals surface area (Å²) >= 11 is 0. The number of rotatable bonds is 4. The molecule has 2 fully saturated rings. The zero-order chi connectivity index (χ0) is 20.6. The molecule has 0 unspecified atom stereocenters. The van der Waals surface area contributed by atoms with Crippen molar-refractivity contribution in [3.8, 4) is 0 Å². The third-order valence-corrected chi connectivity index (χ3v) is 6.46. The number of piperidine rings is 1. The van der Waals surface area contributed by atoms with E-state index < -0.39 is 5.54 Å². The average Bonchev–Trinajstić information content (AvgIpc) is 3.06. The van der Waals surface area contributed by atoms with Gasteiger partial charge in [-0.25, -0.2) is 0 Å². The van der Waals surface area contributed by atoms with Crippen molar-refractivity contribution >= 4 is 11.8 Å². The van der Waals surface area contributed by atoms with Crippen LogP contribution >= 0.6 is 0 Å². The van der Waals surface area contributed by atoms with E-state index in [9.17, 15) is 9.59 Å². The fourth-order valence-electron chi connectivity index (χ4n) is 4.70. The Balaban J connectivity index is 1.51. The van der Waals surface area contributed by atoms with Crippen LogP contribution in [0.1, 0.15) is 35.4 Å². The van der Waals surface area contributed by atoms with Gasteiger partial charge in [-0.15, -0.1) is 0 Å². The van der Waals surface area contributed by atoms with Crippen molar-refractivity contribution in [1.82, 2.24) is 15.0 Å². The summed E-state index contributed by atoms with van der Waals surface area (Å²) in [5.74, 6) is 0.839. The first-order valence-corrected chi connectivity index (χ1v) is 10.1. The van der Waals surface area contributed by atoms with Gasteiger partial charge in [-0.3, -0.25) is 9.59 Å². The second-order valence-electron chi connectivity index (χ2n) is 7.94. The van der Waals surface area contributed by atoms with Crippen LogP contribution < -0.4 is 0 Å². The molecule has 0 radical (unpaired) electrons. The lowest BCUT2D eigenvalue weighted by molar-refractivity contribution is -0.184. The number of hydrogen-bond acceptors (Lipinski definition) is 5. The monoisotopic (exact) mass is 397 g/mol. The van der Waals surface area contributed by atoms with E-state index in [4.69, 9.17) is 9.26 Å². The van der Waals surface area contributed by atoms with Gasteiger partial charge in [-0.2, -0.15) is 0 Å². The predicted molar refractivity (Wildman–Crippen MR) is 106 cm³/mol. The van der Waals surface area contributed by atoms with Gasteiger partial charge < -0.3 is 19.1 Å². The maximum atomic E-state index is 12.9. The number of likely N-dealkylation sites (N-methyl/N-ethyl adjacent to an activating group) is 1. The molecule has 7 nitrogen and oxygen atoms in total. The van der Waals surface area contributed by atoms with Crippen molar-refractivity contribution < 1.29 is 18.8 Å². The number of ether oxygens (including phenoxy) is 1. The van der Waals surface area contributed by atoms with Crippen LogP contribution in [0.4, 0.5) is 0 Å². The highest BCUT2D eigenvalue weighted by Gasteiger charge is 2.53. The first-order chi connectivity index (χ1) is 13.9. The largest absolute Gasteiger partial charge is 0.364 e. The minimum Gasteiger partial charge on any atom is -0.364 e. The molecule has 0 bridgehead atoms. The number of likely N-dealkylation sites (tertiary alicyclic amines) is 1. The highest BCUT2D eigenvalue weighted by Crippen LogP contribution is 2.42. The summed E-state index contributed by atoms with van der Waals surface area (Å²) in [6, 6.07) is 10.0. The van der Waals surface area contributed by atoms with Crippen molar-refractivity contribution in [2.45, 2.75) is 44.8 Å². The van der Waals surface area contributed by atoms with Crippen LogP contribution in [0.5, 0.6) is 0 Å². The quantitative estimate of drug-likeness (QED) is 0.791. The van der Waals surface area contributed by atoms with E-state index in [2.05, 4.69) is 5.16 Å². The molecule has 7 heteroatoms. The first kappa shape index (κ1) is 19.6. The van der Waals surface area contributed by atoms with Gasteiger partial charge in [0, 0.05) is 32.1 Å². The molecule has 2 aliphatic rings. The van der Waals surface area contributed by atoms with E-state index in [0.29, 0.717) is 32.4 Å². The van der Waals surface area contributed by atoms with Crippen LogP contribution in [0.2, 0.25) is 0 Å². The molecule has 1 aromatic carbocycles. The zero-order valence-corrected chi connectivity index (χ0v) is 17.2. The Bertz CT molecular complexity index is 891. The maximum Gasteiger partial charge on any atom is 0.249 e. The summed E-state index contributed by atoms with van der Waals surface area (Å²) in [6.45, 7) is 4.89. The number of fused-ring (bicyclic) bond motifs is 1. The number of carbonyl (C=O) groups excluding carboxylic acids is 2. The number of amides is 2. The highest BCUT2D eigenvalue weighted by atomic mass is 16.5. The Morgan fingerprint density at radius 2 is 2.03 bits per heavy atom. The molecular weight excluding hydrogens is 370 g/mol. The zero-order valence-electron chi connectivity index (χ0n) is 17.2. The number of nitrogens with zero attached hydrogens (tertiary/aromatic N) is 3. The van der Waals surface area contributed by atoms with E-state index in [-0.39, 0.29) is 24.5 Å². The van der Waals surface area contributed by atoms with Crippen LogP contribution in [-0.2, 0) is 26.3 Å². The molecule has 4 rings (SSSR count). The summed E-state index contributed by atoms with van der Waals surface area (Å²) in [6.07, 6.45) is 1.43. The van der Waals surface area contributed by atoms with Gasteiger partial charge in [0.25, 0.3) is 0 Å². The average molecular weight is 397 g/mol. The Hall–Kier alpha value is -2.67. The number of hydrogen-bond donors (Lipinski definition) is 0. The van der Waals surface area contributed by atoms with Gasteiger partial charge in [0.05, 0.1) is 11.2 Å². The molecule has 2 amide bonds. The molecule has 2 aromatic rings. The van der Waals surface area contributed by atoms with E-state index in [1.54, 1.807) is 0 Å². The van der Waals surface area contributed by atoms with Gasteiger partial charge in [-0.05, 0) is 32.3 Å². The lowest BCUT2D eigenvalue weighted by Crippen LogP contribution is -2.67. The van der Waals surface area contributed by atoms with E-state index >= 15 is 0 Å². The summed E-state index contributed by atoms with van der Waals surface area (Å²) < 4.78 is 11.2. The summed E-state index contributed by atoms with van der Waals surface area (Å²) in [7, 11) is 1.85. The van der Waals surface area contributed by atoms with Crippen molar-refractivity contribution in [3.05, 3.63) is 52.9 Å². The summed E-state index contributed by atoms with van der Waals surface area (Å²) in [5.41, 5.74) is 2.37. The van der Waals surface area contributed by atoms with E-state index in [0.717, 1.165) is 22.6 Å². The lowest BCUT2D eigenvalue weighted by atomic mass is 9.76. The SMILES string of the molecule is Cc1noc(C)c1CCC(=O)N1CC[C@]2(c3ccccc3)[C@@H](C1)OCC(=O)N2C. The maximum absolute atomic E-state index is 12.9. The molecule has 0 saturated carbocycles.